The number of rotatable bonds is 1. The number of benzene rings is 2. The van der Waals surface area contributed by atoms with E-state index in [-0.39, 0.29) is 12.8 Å². The molecule has 4 heteroatoms. The Morgan fingerprint density at radius 2 is 1.67 bits per heavy atom. The van der Waals surface area contributed by atoms with Gasteiger partial charge in [0.25, 0.3) is 0 Å². The van der Waals surface area contributed by atoms with Crippen LogP contribution < -0.4 is 4.57 Å². The molecule has 1 unspecified atom stereocenters. The average molecular weight is 370 g/mol. The Kier molecular flexibility index (Phi) is 4.06. The van der Waals surface area contributed by atoms with Gasteiger partial charge in [0.2, 0.25) is 11.2 Å². The Labute approximate surface area is 157 Å². The number of halogens is 3. The van der Waals surface area contributed by atoms with Crippen molar-refractivity contribution in [1.82, 2.24) is 0 Å². The summed E-state index contributed by atoms with van der Waals surface area (Å²) >= 11 is 0. The highest BCUT2D eigenvalue weighted by Crippen LogP contribution is 2.40. The largest absolute Gasteiger partial charge is 0.392 e. The van der Waals surface area contributed by atoms with Gasteiger partial charge in [-0.3, -0.25) is 0 Å². The third kappa shape index (κ3) is 2.91. The molecule has 1 aromatic heterocycles. The van der Waals surface area contributed by atoms with Crippen LogP contribution in [-0.2, 0) is 19.9 Å². The lowest BCUT2D eigenvalue weighted by Gasteiger charge is -2.26. The molecule has 1 aliphatic rings. The highest BCUT2D eigenvalue weighted by molar-refractivity contribution is 5.86. The maximum Gasteiger partial charge on any atom is 0.392 e. The molecule has 2 aromatic carbocycles. The molecule has 1 nitrogen and oxygen atoms in total. The van der Waals surface area contributed by atoms with Crippen molar-refractivity contribution in [2.45, 2.75) is 39.8 Å². The maximum absolute atomic E-state index is 13.5. The lowest BCUT2D eigenvalue weighted by atomic mass is 9.82. The van der Waals surface area contributed by atoms with Crippen molar-refractivity contribution in [1.29, 1.82) is 0 Å². The van der Waals surface area contributed by atoms with Crippen molar-refractivity contribution in [2.24, 2.45) is 13.0 Å². The maximum atomic E-state index is 13.5. The second kappa shape index (κ2) is 6.08. The Morgan fingerprint density at radius 1 is 0.963 bits per heavy atom. The van der Waals surface area contributed by atoms with E-state index < -0.39 is 12.1 Å². The van der Waals surface area contributed by atoms with Crippen LogP contribution in [0.2, 0.25) is 0 Å². The molecule has 0 fully saturated rings. The number of aryl methyl sites for hydroxylation is 3. The van der Waals surface area contributed by atoms with Gasteiger partial charge in [-0.05, 0) is 61.9 Å². The van der Waals surface area contributed by atoms with Crippen molar-refractivity contribution < 1.29 is 17.7 Å². The predicted octanol–water partition coefficient (Wildman–Crippen LogP) is 5.53. The molecular formula is C23H23F3N+. The molecule has 1 heterocycles. The van der Waals surface area contributed by atoms with Gasteiger partial charge in [0.05, 0.1) is 11.3 Å². The second-order valence-electron chi connectivity index (χ2n) is 7.83. The monoisotopic (exact) mass is 370 g/mol. The van der Waals surface area contributed by atoms with Crippen LogP contribution in [0.1, 0.15) is 27.8 Å². The molecule has 0 N–H and O–H groups in total. The van der Waals surface area contributed by atoms with Crippen LogP contribution in [0.5, 0.6) is 0 Å². The van der Waals surface area contributed by atoms with Gasteiger partial charge in [-0.2, -0.15) is 17.7 Å². The summed E-state index contributed by atoms with van der Waals surface area (Å²) < 4.78 is 42.6. The molecule has 4 rings (SSSR count). The van der Waals surface area contributed by atoms with Crippen molar-refractivity contribution in [3.8, 4) is 11.3 Å². The van der Waals surface area contributed by atoms with Gasteiger partial charge in [-0.15, -0.1) is 0 Å². The number of hydrogen-bond acceptors (Lipinski definition) is 0. The fourth-order valence-electron chi connectivity index (χ4n) is 4.43. The highest BCUT2D eigenvalue weighted by atomic mass is 19.4. The minimum absolute atomic E-state index is 0.0503. The van der Waals surface area contributed by atoms with E-state index in [1.54, 1.807) is 0 Å². The zero-order valence-electron chi connectivity index (χ0n) is 16.0. The molecule has 0 aliphatic heterocycles. The van der Waals surface area contributed by atoms with Gasteiger partial charge in [0.15, 0.2) is 0 Å². The summed E-state index contributed by atoms with van der Waals surface area (Å²) in [4.78, 5) is 0. The molecule has 1 atom stereocenters. The molecule has 140 valence electrons. The Balaban J connectivity index is 2.01. The van der Waals surface area contributed by atoms with E-state index in [0.717, 1.165) is 38.9 Å². The van der Waals surface area contributed by atoms with Crippen LogP contribution in [0.3, 0.4) is 0 Å². The number of nitrogens with zero attached hydrogens (tertiary/aromatic N) is 1. The van der Waals surface area contributed by atoms with Gasteiger partial charge in [0.1, 0.15) is 7.05 Å². The standard InChI is InChI=1S/C23H23F3N/c1-13-8-14(2)15(3)19(9-13)21-12-17-11-18(23(24,25)26)10-16-6-5-7-20(22(16)17)27(21)4/h5-9,12,18H,10-11H2,1-4H3/q+1. The lowest BCUT2D eigenvalue weighted by molar-refractivity contribution is -0.633. The summed E-state index contributed by atoms with van der Waals surface area (Å²) in [7, 11) is 2.01. The van der Waals surface area contributed by atoms with Crippen molar-refractivity contribution in [2.75, 3.05) is 0 Å². The smallest absolute Gasteiger partial charge is 0.194 e. The van der Waals surface area contributed by atoms with Gasteiger partial charge in [0, 0.05) is 17.7 Å². The van der Waals surface area contributed by atoms with Crippen LogP contribution in [0, 0.1) is 26.7 Å². The number of aromatic nitrogens is 1. The van der Waals surface area contributed by atoms with E-state index >= 15 is 0 Å². The third-order valence-corrected chi connectivity index (χ3v) is 5.97. The van der Waals surface area contributed by atoms with E-state index in [2.05, 4.69) is 37.5 Å². The minimum Gasteiger partial charge on any atom is -0.194 e. The van der Waals surface area contributed by atoms with Gasteiger partial charge >= 0.3 is 6.18 Å². The van der Waals surface area contributed by atoms with E-state index in [4.69, 9.17) is 0 Å². The number of hydrogen-bond donors (Lipinski definition) is 0. The predicted molar refractivity (Wildman–Crippen MR) is 102 cm³/mol. The summed E-state index contributed by atoms with van der Waals surface area (Å²) in [6.07, 6.45) is -4.06. The second-order valence-corrected chi connectivity index (χ2v) is 7.83. The molecule has 27 heavy (non-hydrogen) atoms. The normalized spacial score (nSPS) is 16.8. The quantitative estimate of drug-likeness (QED) is 0.496. The van der Waals surface area contributed by atoms with Crippen LogP contribution in [-0.4, -0.2) is 6.18 Å². The first-order valence-electron chi connectivity index (χ1n) is 9.25. The molecule has 0 saturated heterocycles. The lowest BCUT2D eigenvalue weighted by Crippen LogP contribution is -2.36. The summed E-state index contributed by atoms with van der Waals surface area (Å²) in [5.41, 5.74) is 8.19. The zero-order valence-corrected chi connectivity index (χ0v) is 16.0. The van der Waals surface area contributed by atoms with Crippen molar-refractivity contribution >= 4 is 10.9 Å². The molecule has 0 bridgehead atoms. The molecule has 3 aromatic rings. The molecule has 0 radical (unpaired) electrons. The first-order valence-corrected chi connectivity index (χ1v) is 9.25. The third-order valence-electron chi connectivity index (χ3n) is 5.97. The van der Waals surface area contributed by atoms with Crippen LogP contribution in [0.15, 0.2) is 36.4 Å². The molecular weight excluding hydrogens is 347 g/mol. The van der Waals surface area contributed by atoms with Gasteiger partial charge in [-0.1, -0.05) is 23.8 Å². The Bertz CT molecular complexity index is 1060. The van der Waals surface area contributed by atoms with Crippen LogP contribution in [0.25, 0.3) is 22.2 Å². The summed E-state index contributed by atoms with van der Waals surface area (Å²) in [6, 6.07) is 12.0. The van der Waals surface area contributed by atoms with Crippen LogP contribution in [0.4, 0.5) is 13.2 Å². The zero-order chi connectivity index (χ0) is 19.5. The van der Waals surface area contributed by atoms with Crippen molar-refractivity contribution in [3.05, 3.63) is 64.2 Å². The molecule has 1 aliphatic carbocycles. The van der Waals surface area contributed by atoms with E-state index in [0.29, 0.717) is 0 Å². The minimum atomic E-state index is -4.17. The molecule has 0 amide bonds. The average Bonchev–Trinajstić information content (AvgIpc) is 2.60. The summed E-state index contributed by atoms with van der Waals surface area (Å²) in [5.74, 6) is -1.31. The first-order chi connectivity index (χ1) is 12.7. The number of alkyl halides is 3. The topological polar surface area (TPSA) is 3.88 Å². The van der Waals surface area contributed by atoms with E-state index in [9.17, 15) is 13.2 Å². The fourth-order valence-corrected chi connectivity index (χ4v) is 4.43. The summed E-state index contributed by atoms with van der Waals surface area (Å²) in [6.45, 7) is 6.21. The molecule has 0 saturated carbocycles. The summed E-state index contributed by atoms with van der Waals surface area (Å²) in [5, 5.41) is 0.992. The fraction of sp³-hybridized carbons (Fsp3) is 0.348. The highest BCUT2D eigenvalue weighted by Gasteiger charge is 2.42. The van der Waals surface area contributed by atoms with E-state index in [1.807, 2.05) is 31.3 Å². The van der Waals surface area contributed by atoms with Gasteiger partial charge < -0.3 is 0 Å². The Morgan fingerprint density at radius 3 is 2.37 bits per heavy atom. The first kappa shape index (κ1) is 18.0. The van der Waals surface area contributed by atoms with Crippen LogP contribution >= 0.6 is 0 Å². The van der Waals surface area contributed by atoms with Crippen molar-refractivity contribution in [3.63, 3.8) is 0 Å². The van der Waals surface area contributed by atoms with E-state index in [1.165, 1.54) is 11.1 Å². The SMILES string of the molecule is Cc1cc(C)c(C)c(-c2cc3c4c(cccc4[n+]2C)CC(C(F)(F)F)C3)c1. The Hall–Kier alpha value is -2.36. The van der Waals surface area contributed by atoms with Gasteiger partial charge in [-0.25, -0.2) is 0 Å². The number of pyridine rings is 1. The molecule has 0 spiro atoms.